The van der Waals surface area contributed by atoms with Gasteiger partial charge in [0.1, 0.15) is 12.6 Å². The number of nitrogens with one attached hydrogen (secondary N) is 1. The van der Waals surface area contributed by atoms with E-state index in [0.29, 0.717) is 10.7 Å². The van der Waals surface area contributed by atoms with Gasteiger partial charge in [-0.3, -0.25) is 13.9 Å². The molecule has 3 rings (SSSR count). The van der Waals surface area contributed by atoms with Crippen LogP contribution in [-0.4, -0.2) is 44.8 Å². The Labute approximate surface area is 211 Å². The second-order valence-corrected chi connectivity index (χ2v) is 10.4. The fourth-order valence-electron chi connectivity index (χ4n) is 3.55. The number of benzene rings is 3. The first-order chi connectivity index (χ1) is 16.6. The second kappa shape index (κ2) is 11.4. The third-order valence-corrected chi connectivity index (χ3v) is 7.65. The lowest BCUT2D eigenvalue weighted by atomic mass is 10.1. The minimum absolute atomic E-state index is 0.00392. The Bertz CT molecular complexity index is 1260. The highest BCUT2D eigenvalue weighted by Crippen LogP contribution is 2.26. The Morgan fingerprint density at radius 2 is 1.54 bits per heavy atom. The molecule has 0 aromatic heterocycles. The molecule has 7 nitrogen and oxygen atoms in total. The van der Waals surface area contributed by atoms with E-state index in [2.05, 4.69) is 5.32 Å². The van der Waals surface area contributed by atoms with Gasteiger partial charge in [-0.05, 0) is 55.8 Å². The summed E-state index contributed by atoms with van der Waals surface area (Å²) in [4.78, 5) is 27.4. The summed E-state index contributed by atoms with van der Waals surface area (Å²) in [5.74, 6) is -0.861. The van der Waals surface area contributed by atoms with Gasteiger partial charge in [0.25, 0.3) is 10.0 Å². The molecule has 0 spiro atoms. The molecule has 0 saturated heterocycles. The molecule has 0 fully saturated rings. The topological polar surface area (TPSA) is 86.8 Å². The monoisotopic (exact) mass is 513 g/mol. The van der Waals surface area contributed by atoms with Crippen molar-refractivity contribution >= 4 is 39.1 Å². The highest BCUT2D eigenvalue weighted by atomic mass is 35.5. The predicted molar refractivity (Wildman–Crippen MR) is 138 cm³/mol. The van der Waals surface area contributed by atoms with Gasteiger partial charge < -0.3 is 10.2 Å². The minimum Gasteiger partial charge on any atom is -0.357 e. The molecule has 35 heavy (non-hydrogen) atoms. The number of anilines is 1. The van der Waals surface area contributed by atoms with E-state index >= 15 is 0 Å². The van der Waals surface area contributed by atoms with Crippen LogP contribution in [0.4, 0.5) is 5.69 Å². The number of hydrogen-bond acceptors (Lipinski definition) is 4. The summed E-state index contributed by atoms with van der Waals surface area (Å²) in [5.41, 5.74) is 2.10. The van der Waals surface area contributed by atoms with Gasteiger partial charge in [0.05, 0.1) is 10.6 Å². The Hall–Kier alpha value is -3.36. The van der Waals surface area contributed by atoms with Crippen LogP contribution in [0.1, 0.15) is 18.1 Å². The molecular weight excluding hydrogens is 486 g/mol. The quantitative estimate of drug-likeness (QED) is 0.468. The van der Waals surface area contributed by atoms with Gasteiger partial charge >= 0.3 is 0 Å². The Balaban J connectivity index is 2.01. The van der Waals surface area contributed by atoms with Crippen LogP contribution in [0.25, 0.3) is 0 Å². The van der Waals surface area contributed by atoms with Gasteiger partial charge in [-0.1, -0.05) is 59.6 Å². The van der Waals surface area contributed by atoms with Crippen molar-refractivity contribution < 1.29 is 18.0 Å². The summed E-state index contributed by atoms with van der Waals surface area (Å²) in [6.45, 7) is 3.17. The number of carbonyl (C=O) groups is 2. The van der Waals surface area contributed by atoms with Crippen molar-refractivity contribution in [3.8, 4) is 0 Å². The van der Waals surface area contributed by atoms with Crippen molar-refractivity contribution in [1.29, 1.82) is 0 Å². The lowest BCUT2D eigenvalue weighted by molar-refractivity contribution is -0.139. The summed E-state index contributed by atoms with van der Waals surface area (Å²) < 4.78 is 28.3. The lowest BCUT2D eigenvalue weighted by Gasteiger charge is -2.31. The number of amides is 2. The third kappa shape index (κ3) is 6.41. The van der Waals surface area contributed by atoms with Crippen molar-refractivity contribution in [2.45, 2.75) is 31.3 Å². The number of sulfonamides is 1. The zero-order chi connectivity index (χ0) is 25.6. The van der Waals surface area contributed by atoms with Crippen LogP contribution < -0.4 is 9.62 Å². The summed E-state index contributed by atoms with van der Waals surface area (Å²) in [6.07, 6.45) is 0. The number of carbonyl (C=O) groups excluding carboxylic acids is 2. The first-order valence-corrected chi connectivity index (χ1v) is 12.8. The molecule has 0 radical (unpaired) electrons. The number of aryl methyl sites for hydroxylation is 1. The van der Waals surface area contributed by atoms with E-state index in [1.165, 1.54) is 36.2 Å². The minimum atomic E-state index is -4.11. The average molecular weight is 514 g/mol. The molecule has 9 heteroatoms. The third-order valence-electron chi connectivity index (χ3n) is 5.61. The number of hydrogen-bond donors (Lipinski definition) is 1. The van der Waals surface area contributed by atoms with E-state index in [1.54, 1.807) is 31.2 Å². The summed E-state index contributed by atoms with van der Waals surface area (Å²) in [7, 11) is -2.62. The predicted octanol–water partition coefficient (Wildman–Crippen LogP) is 4.01. The van der Waals surface area contributed by atoms with Crippen LogP contribution in [0.15, 0.2) is 83.8 Å². The SMILES string of the molecule is CNC(=O)[C@@H](C)N(Cc1ccccc1)C(=O)CN(c1ccc(C)cc1)S(=O)(=O)c1ccc(Cl)cc1. The van der Waals surface area contributed by atoms with Crippen LogP contribution in [0.3, 0.4) is 0 Å². The molecule has 0 saturated carbocycles. The van der Waals surface area contributed by atoms with Crippen molar-refractivity contribution in [3.63, 3.8) is 0 Å². The fourth-order valence-corrected chi connectivity index (χ4v) is 5.09. The zero-order valence-electron chi connectivity index (χ0n) is 19.8. The van der Waals surface area contributed by atoms with E-state index in [-0.39, 0.29) is 17.3 Å². The van der Waals surface area contributed by atoms with Crippen LogP contribution in [-0.2, 0) is 26.2 Å². The first-order valence-electron chi connectivity index (χ1n) is 11.0. The van der Waals surface area contributed by atoms with Crippen molar-refractivity contribution in [2.75, 3.05) is 17.9 Å². The van der Waals surface area contributed by atoms with E-state index in [4.69, 9.17) is 11.6 Å². The van der Waals surface area contributed by atoms with Crippen LogP contribution in [0.2, 0.25) is 5.02 Å². The molecule has 3 aromatic carbocycles. The number of halogens is 1. The molecule has 0 aliphatic heterocycles. The fraction of sp³-hybridized carbons (Fsp3) is 0.231. The van der Waals surface area contributed by atoms with E-state index in [0.717, 1.165) is 15.4 Å². The average Bonchev–Trinajstić information content (AvgIpc) is 2.86. The van der Waals surface area contributed by atoms with E-state index < -0.39 is 28.5 Å². The number of rotatable bonds is 9. The van der Waals surface area contributed by atoms with Gasteiger partial charge in [-0.15, -0.1) is 0 Å². The molecule has 0 heterocycles. The Morgan fingerprint density at radius 3 is 2.11 bits per heavy atom. The maximum atomic E-state index is 13.6. The first kappa shape index (κ1) is 26.2. The molecule has 0 unspecified atom stereocenters. The molecule has 3 aromatic rings. The summed E-state index contributed by atoms with van der Waals surface area (Å²) in [6, 6.07) is 21.0. The van der Waals surface area contributed by atoms with Crippen LogP contribution in [0.5, 0.6) is 0 Å². The van der Waals surface area contributed by atoms with Gasteiger partial charge in [0.15, 0.2) is 0 Å². The van der Waals surface area contributed by atoms with Gasteiger partial charge in [0, 0.05) is 18.6 Å². The normalized spacial score (nSPS) is 12.0. The Kier molecular flexibility index (Phi) is 8.53. The lowest BCUT2D eigenvalue weighted by Crippen LogP contribution is -2.50. The summed E-state index contributed by atoms with van der Waals surface area (Å²) >= 11 is 5.95. The Morgan fingerprint density at radius 1 is 0.943 bits per heavy atom. The van der Waals surface area contributed by atoms with Crippen LogP contribution in [0, 0.1) is 6.92 Å². The molecule has 0 aliphatic rings. The molecular formula is C26H28ClN3O4S. The van der Waals surface area contributed by atoms with Gasteiger partial charge in [-0.2, -0.15) is 0 Å². The standard InChI is InChI=1S/C26H28ClN3O4S/c1-19-9-13-23(14-10-19)30(35(33,34)24-15-11-22(27)12-16-24)18-25(31)29(20(2)26(32)28-3)17-21-7-5-4-6-8-21/h4-16,20H,17-18H2,1-3H3,(H,28,32)/t20-/m1/s1. The maximum absolute atomic E-state index is 13.6. The summed E-state index contributed by atoms with van der Waals surface area (Å²) in [5, 5.41) is 2.96. The molecule has 1 N–H and O–H groups in total. The second-order valence-electron chi connectivity index (χ2n) is 8.10. The number of nitrogens with zero attached hydrogens (tertiary/aromatic N) is 2. The molecule has 0 bridgehead atoms. The van der Waals surface area contributed by atoms with E-state index in [9.17, 15) is 18.0 Å². The number of likely N-dealkylation sites (N-methyl/N-ethyl adjacent to an activating group) is 1. The van der Waals surface area contributed by atoms with Crippen molar-refractivity contribution in [1.82, 2.24) is 10.2 Å². The van der Waals surface area contributed by atoms with Crippen LogP contribution >= 0.6 is 11.6 Å². The van der Waals surface area contributed by atoms with Gasteiger partial charge in [-0.25, -0.2) is 8.42 Å². The molecule has 2 amide bonds. The molecule has 184 valence electrons. The maximum Gasteiger partial charge on any atom is 0.264 e. The highest BCUT2D eigenvalue weighted by molar-refractivity contribution is 7.92. The zero-order valence-corrected chi connectivity index (χ0v) is 21.4. The van der Waals surface area contributed by atoms with E-state index in [1.807, 2.05) is 37.3 Å². The molecule has 1 atom stereocenters. The largest absolute Gasteiger partial charge is 0.357 e. The highest BCUT2D eigenvalue weighted by Gasteiger charge is 2.32. The molecule has 0 aliphatic carbocycles. The van der Waals surface area contributed by atoms with Gasteiger partial charge in [0.2, 0.25) is 11.8 Å². The van der Waals surface area contributed by atoms with Crippen molar-refractivity contribution in [2.24, 2.45) is 0 Å². The smallest absolute Gasteiger partial charge is 0.264 e. The van der Waals surface area contributed by atoms with Crippen molar-refractivity contribution in [3.05, 3.63) is 95.0 Å².